The van der Waals surface area contributed by atoms with Gasteiger partial charge in [0, 0.05) is 4.88 Å². The summed E-state index contributed by atoms with van der Waals surface area (Å²) in [5, 5.41) is 6.74. The standard InChI is InChI=1S/C6H9NO2S2.K.H/c7-11(8,9)5-3-6-2-1-4-10-6;;/h1-2,4H,3,5H2,(H2,7,8,9);;/q;+1;-1. The molecule has 0 saturated carbocycles. The molecule has 1 heterocycles. The molecule has 2 N–H and O–H groups in total. The molecule has 0 unspecified atom stereocenters. The summed E-state index contributed by atoms with van der Waals surface area (Å²) < 4.78 is 21.0. The molecule has 0 radical (unpaired) electrons. The molecular formula is C6H10KNO2S2. The van der Waals surface area contributed by atoms with Crippen molar-refractivity contribution >= 4 is 21.4 Å². The van der Waals surface area contributed by atoms with Crippen LogP contribution in [0.1, 0.15) is 6.30 Å². The minimum absolute atomic E-state index is 0. The van der Waals surface area contributed by atoms with E-state index < -0.39 is 10.0 Å². The van der Waals surface area contributed by atoms with Crippen molar-refractivity contribution in [2.24, 2.45) is 5.14 Å². The van der Waals surface area contributed by atoms with Gasteiger partial charge in [0.05, 0.1) is 5.75 Å². The molecule has 0 spiro atoms. The average Bonchev–Trinajstić information content (AvgIpc) is 2.32. The van der Waals surface area contributed by atoms with E-state index in [2.05, 4.69) is 0 Å². The maximum Gasteiger partial charge on any atom is 1.00 e. The smallest absolute Gasteiger partial charge is 1.00 e. The summed E-state index contributed by atoms with van der Waals surface area (Å²) in [7, 11) is -3.29. The molecule has 0 atom stereocenters. The molecule has 0 bridgehead atoms. The molecule has 0 aliphatic carbocycles. The van der Waals surface area contributed by atoms with Crippen LogP contribution in [-0.4, -0.2) is 14.2 Å². The van der Waals surface area contributed by atoms with Crippen molar-refractivity contribution < 1.29 is 61.2 Å². The molecule has 3 nitrogen and oxygen atoms in total. The zero-order valence-corrected chi connectivity index (χ0v) is 11.6. The fourth-order valence-corrected chi connectivity index (χ4v) is 2.04. The number of hydrogen-bond acceptors (Lipinski definition) is 3. The van der Waals surface area contributed by atoms with Gasteiger partial charge in [-0.3, -0.25) is 0 Å². The number of nitrogens with two attached hydrogens (primary N) is 1. The monoisotopic (exact) mass is 231 g/mol. The van der Waals surface area contributed by atoms with Crippen LogP contribution in [0.3, 0.4) is 0 Å². The summed E-state index contributed by atoms with van der Waals surface area (Å²) in [5.74, 6) is 0.0352. The summed E-state index contributed by atoms with van der Waals surface area (Å²) >= 11 is 1.54. The van der Waals surface area contributed by atoms with E-state index in [-0.39, 0.29) is 58.6 Å². The Labute approximate surface area is 120 Å². The Bertz CT molecular complexity index is 311. The van der Waals surface area contributed by atoms with E-state index in [1.165, 1.54) is 0 Å². The summed E-state index contributed by atoms with van der Waals surface area (Å²) in [6, 6.07) is 3.79. The first-order valence-corrected chi connectivity index (χ1v) is 5.70. The first-order valence-electron chi connectivity index (χ1n) is 3.11. The van der Waals surface area contributed by atoms with Gasteiger partial charge in [-0.25, -0.2) is 13.6 Å². The van der Waals surface area contributed by atoms with Crippen molar-refractivity contribution in [1.29, 1.82) is 0 Å². The number of rotatable bonds is 3. The van der Waals surface area contributed by atoms with Gasteiger partial charge in [-0.05, 0) is 17.9 Å². The fraction of sp³-hybridized carbons (Fsp3) is 0.333. The molecule has 1 aromatic rings. The Morgan fingerprint density at radius 3 is 2.67 bits per heavy atom. The Balaban J connectivity index is 0. The van der Waals surface area contributed by atoms with Crippen LogP contribution in [0.2, 0.25) is 0 Å². The van der Waals surface area contributed by atoms with E-state index in [1.54, 1.807) is 11.3 Å². The van der Waals surface area contributed by atoms with Crippen LogP contribution in [0.5, 0.6) is 0 Å². The zero-order chi connectivity index (χ0) is 8.32. The molecule has 64 valence electrons. The van der Waals surface area contributed by atoms with Gasteiger partial charge in [-0.15, -0.1) is 11.3 Å². The molecule has 0 aliphatic heterocycles. The van der Waals surface area contributed by atoms with Gasteiger partial charge in [0.2, 0.25) is 10.0 Å². The fourth-order valence-electron chi connectivity index (χ4n) is 0.698. The quantitative estimate of drug-likeness (QED) is 0.595. The molecule has 0 aliphatic rings. The maximum atomic E-state index is 10.5. The van der Waals surface area contributed by atoms with Crippen LogP contribution in [0.25, 0.3) is 0 Å². The van der Waals surface area contributed by atoms with Crippen LogP contribution in [0.15, 0.2) is 17.5 Å². The van der Waals surface area contributed by atoms with Gasteiger partial charge in [0.25, 0.3) is 0 Å². The van der Waals surface area contributed by atoms with E-state index in [9.17, 15) is 8.42 Å². The number of sulfonamides is 1. The normalized spacial score (nSPS) is 10.8. The second-order valence-electron chi connectivity index (χ2n) is 2.20. The molecular weight excluding hydrogens is 221 g/mol. The molecule has 0 saturated heterocycles. The van der Waals surface area contributed by atoms with Crippen LogP contribution in [0.4, 0.5) is 0 Å². The maximum absolute atomic E-state index is 10.5. The Morgan fingerprint density at radius 2 is 2.25 bits per heavy atom. The molecule has 1 rings (SSSR count). The predicted octanol–water partition coefficient (Wildman–Crippen LogP) is -2.30. The largest absolute Gasteiger partial charge is 1.00 e. The second-order valence-corrected chi connectivity index (χ2v) is 4.96. The van der Waals surface area contributed by atoms with Crippen molar-refractivity contribution in [2.75, 3.05) is 5.75 Å². The third-order valence-electron chi connectivity index (χ3n) is 1.21. The number of primary sulfonamides is 1. The molecule has 0 fully saturated rings. The van der Waals surface area contributed by atoms with E-state index in [1.807, 2.05) is 17.5 Å². The van der Waals surface area contributed by atoms with Crippen LogP contribution in [-0.2, 0) is 16.4 Å². The van der Waals surface area contributed by atoms with Crippen LogP contribution in [0, 0.1) is 0 Å². The van der Waals surface area contributed by atoms with E-state index >= 15 is 0 Å². The van der Waals surface area contributed by atoms with Gasteiger partial charge in [0.15, 0.2) is 0 Å². The number of hydrogen-bond donors (Lipinski definition) is 1. The minimum atomic E-state index is -3.29. The molecule has 12 heavy (non-hydrogen) atoms. The first kappa shape index (κ1) is 13.2. The Hall–Kier alpha value is 1.25. The SMILES string of the molecule is NS(=O)(=O)CCc1cccs1.[H-].[K+]. The molecule has 1 aromatic heterocycles. The average molecular weight is 231 g/mol. The zero-order valence-electron chi connectivity index (χ0n) is 7.86. The summed E-state index contributed by atoms with van der Waals surface area (Å²) in [4.78, 5) is 1.05. The topological polar surface area (TPSA) is 60.2 Å². The summed E-state index contributed by atoms with van der Waals surface area (Å²) in [5.41, 5.74) is 0. The van der Waals surface area contributed by atoms with Crippen molar-refractivity contribution in [3.8, 4) is 0 Å². The van der Waals surface area contributed by atoms with Crippen LogP contribution < -0.4 is 56.5 Å². The molecule has 6 heteroatoms. The number of aryl methyl sites for hydroxylation is 1. The van der Waals surface area contributed by atoms with E-state index in [0.717, 1.165) is 4.88 Å². The van der Waals surface area contributed by atoms with Gasteiger partial charge in [-0.1, -0.05) is 6.07 Å². The third kappa shape index (κ3) is 5.82. The first-order chi connectivity index (χ1) is 5.08. The van der Waals surface area contributed by atoms with Gasteiger partial charge < -0.3 is 1.43 Å². The molecule has 0 amide bonds. The van der Waals surface area contributed by atoms with Gasteiger partial charge in [0.1, 0.15) is 0 Å². The van der Waals surface area contributed by atoms with Crippen LogP contribution >= 0.6 is 11.3 Å². The number of thiophene rings is 1. The minimum Gasteiger partial charge on any atom is -1.00 e. The Kier molecular flexibility index (Phi) is 6.48. The predicted molar refractivity (Wildman–Crippen MR) is 47.1 cm³/mol. The van der Waals surface area contributed by atoms with Crippen molar-refractivity contribution in [1.82, 2.24) is 0 Å². The van der Waals surface area contributed by atoms with Crippen molar-refractivity contribution in [3.05, 3.63) is 22.4 Å². The van der Waals surface area contributed by atoms with Gasteiger partial charge in [-0.2, -0.15) is 0 Å². The van der Waals surface area contributed by atoms with Gasteiger partial charge >= 0.3 is 51.4 Å². The summed E-state index contributed by atoms with van der Waals surface area (Å²) in [6.07, 6.45) is 0.524. The molecule has 0 aromatic carbocycles. The van der Waals surface area contributed by atoms with Crippen molar-refractivity contribution in [2.45, 2.75) is 6.42 Å². The third-order valence-corrected chi connectivity index (χ3v) is 2.92. The Morgan fingerprint density at radius 1 is 1.58 bits per heavy atom. The summed E-state index contributed by atoms with van der Waals surface area (Å²) in [6.45, 7) is 0. The second kappa shape index (κ2) is 5.87. The van der Waals surface area contributed by atoms with Crippen molar-refractivity contribution in [3.63, 3.8) is 0 Å². The van der Waals surface area contributed by atoms with E-state index in [0.29, 0.717) is 6.42 Å². The van der Waals surface area contributed by atoms with E-state index in [4.69, 9.17) is 5.14 Å².